The molecule has 0 atom stereocenters. The summed E-state index contributed by atoms with van der Waals surface area (Å²) in [5.74, 6) is -1.15. The van der Waals surface area contributed by atoms with E-state index in [-0.39, 0.29) is 23.2 Å². The molecule has 2 N–H and O–H groups in total. The van der Waals surface area contributed by atoms with E-state index < -0.39 is 17.5 Å². The standard InChI is InChI=1S/C19H19N3O5/c23-18(21-15-7-8-15)12-27-19(24)14-6-9-16(17(10-14)22(25)26)20-11-13-4-2-1-3-5-13/h1-6,9-10,15,20H,7-8,11-12H2,(H,21,23). The summed E-state index contributed by atoms with van der Waals surface area (Å²) in [6.07, 6.45) is 1.87. The minimum absolute atomic E-state index is 0.0196. The lowest BCUT2D eigenvalue weighted by Crippen LogP contribution is -2.30. The van der Waals surface area contributed by atoms with Crippen molar-refractivity contribution in [3.05, 3.63) is 69.8 Å². The molecule has 0 radical (unpaired) electrons. The van der Waals surface area contributed by atoms with Crippen LogP contribution in [0.1, 0.15) is 28.8 Å². The first-order valence-electron chi connectivity index (χ1n) is 8.55. The Morgan fingerprint density at radius 1 is 1.15 bits per heavy atom. The Bertz CT molecular complexity index is 850. The predicted octanol–water partition coefficient (Wildman–Crippen LogP) is 2.64. The molecule has 140 valence electrons. The van der Waals surface area contributed by atoms with Crippen LogP contribution in [-0.2, 0) is 16.1 Å². The van der Waals surface area contributed by atoms with Crippen molar-refractivity contribution in [3.63, 3.8) is 0 Å². The highest BCUT2D eigenvalue weighted by Crippen LogP contribution is 2.26. The van der Waals surface area contributed by atoms with Crippen LogP contribution >= 0.6 is 0 Å². The Kier molecular flexibility index (Phi) is 5.65. The highest BCUT2D eigenvalue weighted by molar-refractivity contribution is 5.93. The van der Waals surface area contributed by atoms with Crippen molar-refractivity contribution in [2.45, 2.75) is 25.4 Å². The first kappa shape index (κ1) is 18.4. The van der Waals surface area contributed by atoms with E-state index in [1.807, 2.05) is 30.3 Å². The van der Waals surface area contributed by atoms with Gasteiger partial charge in [0.25, 0.3) is 11.6 Å². The summed E-state index contributed by atoms with van der Waals surface area (Å²) in [6, 6.07) is 13.7. The number of hydrogen-bond acceptors (Lipinski definition) is 6. The average Bonchev–Trinajstić information content (AvgIpc) is 3.49. The minimum atomic E-state index is -0.779. The number of rotatable bonds is 8. The maximum Gasteiger partial charge on any atom is 0.338 e. The number of nitro groups is 1. The summed E-state index contributed by atoms with van der Waals surface area (Å²) in [7, 11) is 0. The Morgan fingerprint density at radius 2 is 1.89 bits per heavy atom. The average molecular weight is 369 g/mol. The zero-order valence-electron chi connectivity index (χ0n) is 14.5. The molecule has 3 rings (SSSR count). The van der Waals surface area contributed by atoms with Gasteiger partial charge in [-0.2, -0.15) is 0 Å². The second-order valence-electron chi connectivity index (χ2n) is 6.25. The molecule has 1 saturated carbocycles. The van der Waals surface area contributed by atoms with Gasteiger partial charge in [0.05, 0.1) is 10.5 Å². The lowest BCUT2D eigenvalue weighted by atomic mass is 10.1. The van der Waals surface area contributed by atoms with Crippen LogP contribution in [0.3, 0.4) is 0 Å². The fourth-order valence-electron chi connectivity index (χ4n) is 2.46. The van der Waals surface area contributed by atoms with Crippen molar-refractivity contribution in [2.75, 3.05) is 11.9 Å². The molecule has 0 unspecified atom stereocenters. The second-order valence-corrected chi connectivity index (χ2v) is 6.25. The van der Waals surface area contributed by atoms with Crippen LogP contribution in [0.2, 0.25) is 0 Å². The third-order valence-corrected chi connectivity index (χ3v) is 4.03. The summed E-state index contributed by atoms with van der Waals surface area (Å²) in [5, 5.41) is 17.0. The molecule has 8 heteroatoms. The summed E-state index contributed by atoms with van der Waals surface area (Å²) < 4.78 is 4.93. The first-order valence-corrected chi connectivity index (χ1v) is 8.55. The molecule has 0 aliphatic heterocycles. The zero-order valence-corrected chi connectivity index (χ0v) is 14.5. The maximum absolute atomic E-state index is 12.1. The molecule has 0 spiro atoms. The van der Waals surface area contributed by atoms with Gasteiger partial charge in [-0.25, -0.2) is 4.79 Å². The van der Waals surface area contributed by atoms with Gasteiger partial charge in [0.2, 0.25) is 0 Å². The quantitative estimate of drug-likeness (QED) is 0.420. The van der Waals surface area contributed by atoms with Crippen molar-refractivity contribution in [3.8, 4) is 0 Å². The van der Waals surface area contributed by atoms with E-state index in [1.165, 1.54) is 12.1 Å². The third kappa shape index (κ3) is 5.27. The van der Waals surface area contributed by atoms with E-state index in [1.54, 1.807) is 0 Å². The molecule has 1 amide bonds. The lowest BCUT2D eigenvalue weighted by molar-refractivity contribution is -0.384. The fraction of sp³-hybridized carbons (Fsp3) is 0.263. The summed E-state index contributed by atoms with van der Waals surface area (Å²) in [6.45, 7) is 0.00392. The number of esters is 1. The third-order valence-electron chi connectivity index (χ3n) is 4.03. The van der Waals surface area contributed by atoms with E-state index in [0.717, 1.165) is 24.5 Å². The number of anilines is 1. The molecule has 0 aromatic heterocycles. The van der Waals surface area contributed by atoms with Gasteiger partial charge in [-0.05, 0) is 30.5 Å². The molecule has 27 heavy (non-hydrogen) atoms. The molecule has 0 bridgehead atoms. The Balaban J connectivity index is 1.64. The van der Waals surface area contributed by atoms with Crippen molar-refractivity contribution >= 4 is 23.3 Å². The molecular formula is C19H19N3O5. The van der Waals surface area contributed by atoms with Gasteiger partial charge < -0.3 is 15.4 Å². The van der Waals surface area contributed by atoms with E-state index in [2.05, 4.69) is 10.6 Å². The smallest absolute Gasteiger partial charge is 0.338 e. The van der Waals surface area contributed by atoms with Crippen LogP contribution in [0.15, 0.2) is 48.5 Å². The van der Waals surface area contributed by atoms with E-state index in [0.29, 0.717) is 12.2 Å². The SMILES string of the molecule is O=C(COC(=O)c1ccc(NCc2ccccc2)c([N+](=O)[O-])c1)NC1CC1. The van der Waals surface area contributed by atoms with Crippen LogP contribution < -0.4 is 10.6 Å². The van der Waals surface area contributed by atoms with E-state index in [9.17, 15) is 19.7 Å². The van der Waals surface area contributed by atoms with Crippen molar-refractivity contribution in [1.82, 2.24) is 5.32 Å². The number of carbonyl (C=O) groups is 2. The topological polar surface area (TPSA) is 111 Å². The normalized spacial score (nSPS) is 12.9. The molecule has 0 saturated heterocycles. The molecule has 2 aromatic carbocycles. The van der Waals surface area contributed by atoms with Gasteiger partial charge >= 0.3 is 5.97 Å². The van der Waals surface area contributed by atoms with E-state index >= 15 is 0 Å². The summed E-state index contributed by atoms with van der Waals surface area (Å²) in [5.41, 5.74) is 1.05. The largest absolute Gasteiger partial charge is 0.452 e. The lowest BCUT2D eigenvalue weighted by Gasteiger charge is -2.09. The summed E-state index contributed by atoms with van der Waals surface area (Å²) >= 11 is 0. The Morgan fingerprint density at radius 3 is 2.56 bits per heavy atom. The van der Waals surface area contributed by atoms with Gasteiger partial charge in [-0.15, -0.1) is 0 Å². The van der Waals surface area contributed by atoms with Crippen LogP contribution in [-0.4, -0.2) is 29.4 Å². The first-order chi connectivity index (χ1) is 13.0. The van der Waals surface area contributed by atoms with Crippen molar-refractivity contribution in [1.29, 1.82) is 0 Å². The van der Waals surface area contributed by atoms with Crippen LogP contribution in [0.4, 0.5) is 11.4 Å². The molecule has 2 aromatic rings. The number of benzene rings is 2. The molecule has 1 aliphatic rings. The minimum Gasteiger partial charge on any atom is -0.452 e. The molecule has 1 aliphatic carbocycles. The van der Waals surface area contributed by atoms with Crippen LogP contribution in [0.25, 0.3) is 0 Å². The second kappa shape index (κ2) is 8.31. The zero-order chi connectivity index (χ0) is 19.2. The Labute approximate surface area is 155 Å². The number of ether oxygens (including phenoxy) is 1. The number of nitrogens with one attached hydrogen (secondary N) is 2. The summed E-state index contributed by atoms with van der Waals surface area (Å²) in [4.78, 5) is 34.4. The number of nitro benzene ring substituents is 1. The molecule has 0 heterocycles. The number of amides is 1. The highest BCUT2D eigenvalue weighted by atomic mass is 16.6. The van der Waals surface area contributed by atoms with Gasteiger partial charge in [-0.3, -0.25) is 14.9 Å². The number of nitrogens with zero attached hydrogens (tertiary/aromatic N) is 1. The van der Waals surface area contributed by atoms with Crippen molar-refractivity contribution in [2.24, 2.45) is 0 Å². The monoisotopic (exact) mass is 369 g/mol. The van der Waals surface area contributed by atoms with Crippen LogP contribution in [0.5, 0.6) is 0 Å². The molecule has 1 fully saturated rings. The van der Waals surface area contributed by atoms with Crippen molar-refractivity contribution < 1.29 is 19.2 Å². The van der Waals surface area contributed by atoms with Gasteiger partial charge in [0.1, 0.15) is 5.69 Å². The fourth-order valence-corrected chi connectivity index (χ4v) is 2.46. The molecule has 8 nitrogen and oxygen atoms in total. The van der Waals surface area contributed by atoms with Gasteiger partial charge in [0, 0.05) is 18.7 Å². The maximum atomic E-state index is 12.1. The molecular weight excluding hydrogens is 350 g/mol. The van der Waals surface area contributed by atoms with Gasteiger partial charge in [0.15, 0.2) is 6.61 Å². The van der Waals surface area contributed by atoms with Gasteiger partial charge in [-0.1, -0.05) is 30.3 Å². The Hall–Kier alpha value is -3.42. The predicted molar refractivity (Wildman–Crippen MR) is 98.3 cm³/mol. The number of carbonyl (C=O) groups excluding carboxylic acids is 2. The highest BCUT2D eigenvalue weighted by Gasteiger charge is 2.24. The van der Waals surface area contributed by atoms with Crippen LogP contribution in [0, 0.1) is 10.1 Å². The number of hydrogen-bond donors (Lipinski definition) is 2. The van der Waals surface area contributed by atoms with E-state index in [4.69, 9.17) is 4.74 Å².